The summed E-state index contributed by atoms with van der Waals surface area (Å²) in [7, 11) is 0. The first-order valence-corrected chi connectivity index (χ1v) is 16.1. The van der Waals surface area contributed by atoms with Crippen molar-refractivity contribution in [2.45, 2.75) is 156 Å². The Morgan fingerprint density at radius 2 is 1.00 bits per heavy atom. The van der Waals surface area contributed by atoms with E-state index in [2.05, 4.69) is 55.0 Å². The van der Waals surface area contributed by atoms with Crippen LogP contribution < -0.4 is 0 Å². The van der Waals surface area contributed by atoms with Crippen molar-refractivity contribution in [3.8, 4) is 11.4 Å². The zero-order valence-electron chi connectivity index (χ0n) is 24.8. The fraction of sp³-hybridized carbons (Fsp3) is 0.714. The summed E-state index contributed by atoms with van der Waals surface area (Å²) in [5.74, 6) is 1.76. The number of nitrogens with zero attached hydrogens (tertiary/aromatic N) is 2. The topological polar surface area (TPSA) is 25.8 Å². The van der Waals surface area contributed by atoms with Crippen LogP contribution in [0.25, 0.3) is 11.4 Å². The molecule has 2 rings (SSSR count). The first-order valence-electron chi connectivity index (χ1n) is 16.1. The van der Waals surface area contributed by atoms with Gasteiger partial charge in [-0.2, -0.15) is 0 Å². The van der Waals surface area contributed by atoms with E-state index in [1.54, 1.807) is 0 Å². The molecule has 2 aromatic rings. The van der Waals surface area contributed by atoms with Gasteiger partial charge in [-0.05, 0) is 42.7 Å². The standard InChI is InChI=1S/C35H58N2/c1-4-6-7-8-9-10-11-12-13-17-20-23-32-25-27-34(28-26-32)35-36-29-33(30-37-35)24-21-18-15-14-16-19-22-31(3)5-2/h25-31H,4-24H2,1-3H3. The van der Waals surface area contributed by atoms with Crippen molar-refractivity contribution >= 4 is 0 Å². The molecule has 1 aromatic heterocycles. The molecule has 208 valence electrons. The second kappa shape index (κ2) is 21.3. The van der Waals surface area contributed by atoms with E-state index < -0.39 is 0 Å². The van der Waals surface area contributed by atoms with Crippen molar-refractivity contribution in [2.75, 3.05) is 0 Å². The summed E-state index contributed by atoms with van der Waals surface area (Å²) < 4.78 is 0. The number of benzene rings is 1. The summed E-state index contributed by atoms with van der Waals surface area (Å²) in [6.45, 7) is 6.97. The number of rotatable bonds is 23. The van der Waals surface area contributed by atoms with Crippen LogP contribution in [0.2, 0.25) is 0 Å². The third kappa shape index (κ3) is 15.3. The van der Waals surface area contributed by atoms with Gasteiger partial charge in [0.2, 0.25) is 0 Å². The summed E-state index contributed by atoms with van der Waals surface area (Å²) >= 11 is 0. The Bertz CT molecular complexity index is 765. The van der Waals surface area contributed by atoms with E-state index in [9.17, 15) is 0 Å². The molecule has 0 amide bonds. The molecule has 1 heterocycles. The second-order valence-electron chi connectivity index (χ2n) is 11.6. The molecule has 0 N–H and O–H groups in total. The van der Waals surface area contributed by atoms with Gasteiger partial charge in [0.15, 0.2) is 5.82 Å². The zero-order chi connectivity index (χ0) is 26.4. The molecule has 0 fully saturated rings. The molecular weight excluding hydrogens is 448 g/mol. The highest BCUT2D eigenvalue weighted by atomic mass is 14.9. The van der Waals surface area contributed by atoms with E-state index in [4.69, 9.17) is 0 Å². The molecule has 1 unspecified atom stereocenters. The highest BCUT2D eigenvalue weighted by Gasteiger charge is 2.03. The van der Waals surface area contributed by atoms with Gasteiger partial charge in [0, 0.05) is 18.0 Å². The fourth-order valence-electron chi connectivity index (χ4n) is 5.18. The zero-order valence-corrected chi connectivity index (χ0v) is 24.8. The molecule has 0 saturated carbocycles. The summed E-state index contributed by atoms with van der Waals surface area (Å²) in [6, 6.07) is 8.94. The van der Waals surface area contributed by atoms with Crippen molar-refractivity contribution in [2.24, 2.45) is 5.92 Å². The monoisotopic (exact) mass is 506 g/mol. The largest absolute Gasteiger partial charge is 0.236 e. The molecule has 1 aromatic carbocycles. The third-order valence-corrected chi connectivity index (χ3v) is 8.10. The first-order chi connectivity index (χ1) is 18.2. The molecule has 37 heavy (non-hydrogen) atoms. The normalized spacial score (nSPS) is 12.2. The van der Waals surface area contributed by atoms with Crippen LogP contribution in [0.15, 0.2) is 36.7 Å². The quantitative estimate of drug-likeness (QED) is 0.140. The van der Waals surface area contributed by atoms with Crippen molar-refractivity contribution in [1.29, 1.82) is 0 Å². The Morgan fingerprint density at radius 1 is 0.541 bits per heavy atom. The van der Waals surface area contributed by atoms with E-state index in [0.717, 1.165) is 23.7 Å². The summed E-state index contributed by atoms with van der Waals surface area (Å²) in [4.78, 5) is 9.33. The first kappa shape index (κ1) is 31.5. The maximum Gasteiger partial charge on any atom is 0.159 e. The molecule has 1 atom stereocenters. The van der Waals surface area contributed by atoms with Crippen molar-refractivity contribution in [3.63, 3.8) is 0 Å². The van der Waals surface area contributed by atoms with E-state index in [1.165, 1.54) is 140 Å². The molecule has 0 aliphatic rings. The predicted octanol–water partition coefficient (Wildman–Crippen LogP) is 11.3. The number of hydrogen-bond donors (Lipinski definition) is 0. The molecule has 2 heteroatoms. The van der Waals surface area contributed by atoms with Gasteiger partial charge in [-0.25, -0.2) is 9.97 Å². The number of aromatic nitrogens is 2. The van der Waals surface area contributed by atoms with Crippen molar-refractivity contribution in [3.05, 3.63) is 47.8 Å². The third-order valence-electron chi connectivity index (χ3n) is 8.10. The predicted molar refractivity (Wildman–Crippen MR) is 163 cm³/mol. The SMILES string of the molecule is CCCCCCCCCCCCCc1ccc(-c2ncc(CCCCCCCCC(C)CC)cn2)cc1. The van der Waals surface area contributed by atoms with Crippen LogP contribution in [0.1, 0.15) is 154 Å². The van der Waals surface area contributed by atoms with Crippen LogP contribution in [0.3, 0.4) is 0 Å². The second-order valence-corrected chi connectivity index (χ2v) is 11.6. The molecular formula is C35H58N2. The van der Waals surface area contributed by atoms with E-state index >= 15 is 0 Å². The maximum atomic E-state index is 4.66. The number of hydrogen-bond acceptors (Lipinski definition) is 2. The Kier molecular flexibility index (Phi) is 18.1. The van der Waals surface area contributed by atoms with Gasteiger partial charge in [0.1, 0.15) is 0 Å². The van der Waals surface area contributed by atoms with Gasteiger partial charge in [-0.15, -0.1) is 0 Å². The van der Waals surface area contributed by atoms with Crippen molar-refractivity contribution < 1.29 is 0 Å². The van der Waals surface area contributed by atoms with Gasteiger partial charge in [-0.3, -0.25) is 0 Å². The minimum absolute atomic E-state index is 0.853. The Hall–Kier alpha value is -1.70. The van der Waals surface area contributed by atoms with Gasteiger partial charge >= 0.3 is 0 Å². The van der Waals surface area contributed by atoms with E-state index in [1.807, 2.05) is 12.4 Å². The fourth-order valence-corrected chi connectivity index (χ4v) is 5.18. The van der Waals surface area contributed by atoms with Gasteiger partial charge in [0.25, 0.3) is 0 Å². The minimum Gasteiger partial charge on any atom is -0.236 e. The van der Waals surface area contributed by atoms with E-state index in [0.29, 0.717) is 0 Å². The summed E-state index contributed by atoms with van der Waals surface area (Å²) in [5, 5.41) is 0. The molecule has 2 nitrogen and oxygen atoms in total. The average Bonchev–Trinajstić information content (AvgIpc) is 2.93. The molecule has 0 aliphatic heterocycles. The highest BCUT2D eigenvalue weighted by molar-refractivity contribution is 5.55. The summed E-state index contributed by atoms with van der Waals surface area (Å²) in [6.07, 6.45) is 32.7. The molecule has 0 aliphatic carbocycles. The van der Waals surface area contributed by atoms with Crippen LogP contribution >= 0.6 is 0 Å². The van der Waals surface area contributed by atoms with Crippen LogP contribution in [-0.4, -0.2) is 9.97 Å². The smallest absolute Gasteiger partial charge is 0.159 e. The molecule has 0 saturated heterocycles. The summed E-state index contributed by atoms with van der Waals surface area (Å²) in [5.41, 5.74) is 3.84. The molecule has 0 bridgehead atoms. The van der Waals surface area contributed by atoms with Crippen LogP contribution in [0, 0.1) is 5.92 Å². The average molecular weight is 507 g/mol. The lowest BCUT2D eigenvalue weighted by Crippen LogP contribution is -1.94. The van der Waals surface area contributed by atoms with Gasteiger partial charge in [0.05, 0.1) is 0 Å². The number of unbranched alkanes of at least 4 members (excludes halogenated alkanes) is 15. The van der Waals surface area contributed by atoms with Crippen LogP contribution in [0.5, 0.6) is 0 Å². The minimum atomic E-state index is 0.853. The van der Waals surface area contributed by atoms with Gasteiger partial charge < -0.3 is 0 Å². The Labute approximate surface area is 230 Å². The Balaban J connectivity index is 1.53. The molecule has 0 radical (unpaired) electrons. The lowest BCUT2D eigenvalue weighted by atomic mass is 9.99. The number of aryl methyl sites for hydroxylation is 2. The van der Waals surface area contributed by atoms with Crippen molar-refractivity contribution in [1.82, 2.24) is 9.97 Å². The van der Waals surface area contributed by atoms with Crippen LogP contribution in [0.4, 0.5) is 0 Å². The highest BCUT2D eigenvalue weighted by Crippen LogP contribution is 2.19. The lowest BCUT2D eigenvalue weighted by Gasteiger charge is -2.07. The van der Waals surface area contributed by atoms with Gasteiger partial charge in [-0.1, -0.05) is 154 Å². The molecule has 0 spiro atoms. The Morgan fingerprint density at radius 3 is 1.51 bits per heavy atom. The van der Waals surface area contributed by atoms with E-state index in [-0.39, 0.29) is 0 Å². The maximum absolute atomic E-state index is 4.66. The lowest BCUT2D eigenvalue weighted by molar-refractivity contribution is 0.471. The van der Waals surface area contributed by atoms with Crippen LogP contribution in [-0.2, 0) is 12.8 Å².